The van der Waals surface area contributed by atoms with Crippen molar-refractivity contribution < 1.29 is 4.39 Å². The summed E-state index contributed by atoms with van der Waals surface area (Å²) in [6, 6.07) is 13.5. The van der Waals surface area contributed by atoms with Gasteiger partial charge in [-0.3, -0.25) is 0 Å². The highest BCUT2D eigenvalue weighted by atomic mass is 32.2. The van der Waals surface area contributed by atoms with Gasteiger partial charge in [-0.05, 0) is 48.6 Å². The van der Waals surface area contributed by atoms with Gasteiger partial charge in [0, 0.05) is 17.1 Å². The van der Waals surface area contributed by atoms with Crippen LogP contribution in [0.1, 0.15) is 11.1 Å². The molecule has 0 aromatic heterocycles. The molecule has 2 rings (SSSR count). The number of aryl methyl sites for hydroxylation is 1. The Morgan fingerprint density at radius 2 is 2.00 bits per heavy atom. The predicted octanol–water partition coefficient (Wildman–Crippen LogP) is 4.47. The Morgan fingerprint density at radius 3 is 2.72 bits per heavy atom. The fourth-order valence-corrected chi connectivity index (χ4v) is 2.21. The van der Waals surface area contributed by atoms with E-state index in [1.165, 1.54) is 11.0 Å². The summed E-state index contributed by atoms with van der Waals surface area (Å²) in [5.41, 5.74) is 2.86. The molecule has 0 aliphatic heterocycles. The van der Waals surface area contributed by atoms with Crippen LogP contribution in [-0.4, -0.2) is 6.26 Å². The van der Waals surface area contributed by atoms with Gasteiger partial charge >= 0.3 is 0 Å². The molecule has 1 N–H and O–H groups in total. The first-order valence-electron chi connectivity index (χ1n) is 5.82. The molecule has 94 valence electrons. The third-order valence-electron chi connectivity index (χ3n) is 2.79. The lowest BCUT2D eigenvalue weighted by molar-refractivity contribution is 0.617. The number of thioether (sulfide) groups is 1. The predicted molar refractivity (Wildman–Crippen MR) is 76.7 cm³/mol. The first-order valence-corrected chi connectivity index (χ1v) is 7.04. The van der Waals surface area contributed by atoms with Gasteiger partial charge in [-0.2, -0.15) is 0 Å². The molecule has 0 fully saturated rings. The van der Waals surface area contributed by atoms with Crippen molar-refractivity contribution in [2.24, 2.45) is 0 Å². The zero-order valence-corrected chi connectivity index (χ0v) is 11.4. The molecule has 0 spiro atoms. The smallest absolute Gasteiger partial charge is 0.126 e. The van der Waals surface area contributed by atoms with Crippen LogP contribution in [-0.2, 0) is 6.54 Å². The summed E-state index contributed by atoms with van der Waals surface area (Å²) < 4.78 is 13.1. The average Bonchev–Trinajstić information content (AvgIpc) is 2.40. The fourth-order valence-electron chi connectivity index (χ4n) is 1.75. The Hall–Kier alpha value is -1.48. The molecule has 2 aromatic carbocycles. The molecule has 2 aromatic rings. The van der Waals surface area contributed by atoms with Crippen LogP contribution in [0.5, 0.6) is 0 Å². The van der Waals surface area contributed by atoms with Crippen LogP contribution in [0.15, 0.2) is 47.4 Å². The van der Waals surface area contributed by atoms with Gasteiger partial charge in [0.2, 0.25) is 0 Å². The van der Waals surface area contributed by atoms with Gasteiger partial charge in [-0.25, -0.2) is 4.39 Å². The molecule has 0 heterocycles. The highest BCUT2D eigenvalue weighted by Crippen LogP contribution is 2.19. The summed E-state index contributed by atoms with van der Waals surface area (Å²) in [6.07, 6.45) is 2.06. The monoisotopic (exact) mass is 261 g/mol. The molecule has 1 nitrogen and oxygen atoms in total. The van der Waals surface area contributed by atoms with E-state index >= 15 is 0 Å². The van der Waals surface area contributed by atoms with E-state index in [-0.39, 0.29) is 5.82 Å². The second-order valence-electron chi connectivity index (χ2n) is 4.17. The lowest BCUT2D eigenvalue weighted by atomic mass is 10.1. The van der Waals surface area contributed by atoms with Gasteiger partial charge in [0.1, 0.15) is 5.82 Å². The number of hydrogen-bond acceptors (Lipinski definition) is 2. The summed E-state index contributed by atoms with van der Waals surface area (Å²) in [6.45, 7) is 2.49. The molecular weight excluding hydrogens is 245 g/mol. The molecule has 0 aliphatic rings. The maximum absolute atomic E-state index is 13.1. The standard InChI is InChI=1S/C15H16FNS/c1-11-8-12(6-7-15(11)16)10-17-13-4-3-5-14(9-13)18-2/h3-9,17H,10H2,1-2H3. The largest absolute Gasteiger partial charge is 0.381 e. The van der Waals surface area contributed by atoms with E-state index in [2.05, 4.69) is 23.7 Å². The van der Waals surface area contributed by atoms with Crippen LogP contribution in [0, 0.1) is 12.7 Å². The molecule has 0 amide bonds. The SMILES string of the molecule is CSc1cccc(NCc2ccc(F)c(C)c2)c1. The third kappa shape index (κ3) is 3.26. The fraction of sp³-hybridized carbons (Fsp3) is 0.200. The first kappa shape index (κ1) is 13.0. The van der Waals surface area contributed by atoms with Crippen molar-refractivity contribution in [1.82, 2.24) is 0 Å². The van der Waals surface area contributed by atoms with Gasteiger partial charge in [-0.15, -0.1) is 11.8 Å². The van der Waals surface area contributed by atoms with E-state index in [0.717, 1.165) is 11.3 Å². The van der Waals surface area contributed by atoms with Crippen molar-refractivity contribution in [2.45, 2.75) is 18.4 Å². The summed E-state index contributed by atoms with van der Waals surface area (Å²) in [5, 5.41) is 3.35. The summed E-state index contributed by atoms with van der Waals surface area (Å²) in [4.78, 5) is 1.23. The van der Waals surface area contributed by atoms with Crippen LogP contribution in [0.25, 0.3) is 0 Å². The van der Waals surface area contributed by atoms with Gasteiger partial charge in [-0.1, -0.05) is 18.2 Å². The van der Waals surface area contributed by atoms with E-state index in [1.807, 2.05) is 24.3 Å². The van der Waals surface area contributed by atoms with Gasteiger partial charge in [0.25, 0.3) is 0 Å². The average molecular weight is 261 g/mol. The lowest BCUT2D eigenvalue weighted by Gasteiger charge is -2.08. The minimum atomic E-state index is -0.150. The summed E-state index contributed by atoms with van der Waals surface area (Å²) in [5.74, 6) is -0.150. The number of rotatable bonds is 4. The molecule has 0 atom stereocenters. The van der Waals surface area contributed by atoms with Crippen LogP contribution in [0.2, 0.25) is 0 Å². The zero-order chi connectivity index (χ0) is 13.0. The Balaban J connectivity index is 2.04. The Labute approximate surface area is 111 Å². The number of nitrogens with one attached hydrogen (secondary N) is 1. The van der Waals surface area contributed by atoms with Crippen molar-refractivity contribution in [1.29, 1.82) is 0 Å². The van der Waals surface area contributed by atoms with Crippen LogP contribution in [0.4, 0.5) is 10.1 Å². The second kappa shape index (κ2) is 5.91. The van der Waals surface area contributed by atoms with Crippen LogP contribution in [0.3, 0.4) is 0 Å². The molecule has 0 bridgehead atoms. The van der Waals surface area contributed by atoms with E-state index in [9.17, 15) is 4.39 Å². The van der Waals surface area contributed by atoms with Crippen molar-refractivity contribution in [3.05, 3.63) is 59.4 Å². The van der Waals surface area contributed by atoms with Gasteiger partial charge < -0.3 is 5.32 Å². The highest BCUT2D eigenvalue weighted by molar-refractivity contribution is 7.98. The summed E-state index contributed by atoms with van der Waals surface area (Å²) in [7, 11) is 0. The maximum atomic E-state index is 13.1. The van der Waals surface area contributed by atoms with Crippen molar-refractivity contribution in [2.75, 3.05) is 11.6 Å². The zero-order valence-electron chi connectivity index (χ0n) is 10.5. The second-order valence-corrected chi connectivity index (χ2v) is 5.05. The molecule has 0 saturated carbocycles. The molecule has 0 unspecified atom stereocenters. The first-order chi connectivity index (χ1) is 8.69. The molecule has 3 heteroatoms. The van der Waals surface area contributed by atoms with Crippen molar-refractivity contribution in [3.8, 4) is 0 Å². The normalized spacial score (nSPS) is 10.4. The number of halogens is 1. The quantitative estimate of drug-likeness (QED) is 0.815. The van der Waals surface area contributed by atoms with Crippen LogP contribution >= 0.6 is 11.8 Å². The van der Waals surface area contributed by atoms with Gasteiger partial charge in [0.05, 0.1) is 0 Å². The number of benzene rings is 2. The van der Waals surface area contributed by atoms with Crippen molar-refractivity contribution >= 4 is 17.4 Å². The Bertz CT molecular complexity index is 540. The van der Waals surface area contributed by atoms with E-state index in [4.69, 9.17) is 0 Å². The minimum Gasteiger partial charge on any atom is -0.381 e. The van der Waals surface area contributed by atoms with Gasteiger partial charge in [0.15, 0.2) is 0 Å². The lowest BCUT2D eigenvalue weighted by Crippen LogP contribution is -2.00. The number of hydrogen-bond donors (Lipinski definition) is 1. The van der Waals surface area contributed by atoms with E-state index in [1.54, 1.807) is 18.7 Å². The third-order valence-corrected chi connectivity index (χ3v) is 3.51. The Kier molecular flexibility index (Phi) is 4.26. The van der Waals surface area contributed by atoms with E-state index in [0.29, 0.717) is 12.1 Å². The Morgan fingerprint density at radius 1 is 1.17 bits per heavy atom. The maximum Gasteiger partial charge on any atom is 0.126 e. The summed E-state index contributed by atoms with van der Waals surface area (Å²) >= 11 is 1.72. The number of anilines is 1. The van der Waals surface area contributed by atoms with Crippen molar-refractivity contribution in [3.63, 3.8) is 0 Å². The highest BCUT2D eigenvalue weighted by Gasteiger charge is 1.99. The molecular formula is C15H16FNS. The molecule has 18 heavy (non-hydrogen) atoms. The molecule has 0 aliphatic carbocycles. The topological polar surface area (TPSA) is 12.0 Å². The van der Waals surface area contributed by atoms with Crippen LogP contribution < -0.4 is 5.32 Å². The molecule has 0 saturated heterocycles. The molecule has 0 radical (unpaired) electrons. The minimum absolute atomic E-state index is 0.150. The van der Waals surface area contributed by atoms with E-state index < -0.39 is 0 Å².